The molecule has 1 saturated heterocycles. The molecular weight excluding hydrogens is 438 g/mol. The fourth-order valence-corrected chi connectivity index (χ4v) is 5.34. The van der Waals surface area contributed by atoms with Gasteiger partial charge in [-0.25, -0.2) is 8.42 Å². The van der Waals surface area contributed by atoms with Gasteiger partial charge in [0.2, 0.25) is 15.9 Å². The van der Waals surface area contributed by atoms with Crippen molar-refractivity contribution in [1.29, 1.82) is 5.26 Å². The van der Waals surface area contributed by atoms with Crippen molar-refractivity contribution in [3.8, 4) is 11.8 Å². The standard InChI is InChI=1S/C22H24ClN3O4S/c1-25(14-15-30-20-8-4-3-7-19(20)23)22(27)17-10-12-26(13-11-17)31(28,29)21-9-5-2-6-18(21)16-24/h2-9,17H,10-15H2,1H3. The van der Waals surface area contributed by atoms with Gasteiger partial charge in [0.1, 0.15) is 18.4 Å². The Balaban J connectivity index is 1.53. The molecule has 2 aromatic rings. The van der Waals surface area contributed by atoms with Crippen LogP contribution in [0, 0.1) is 17.2 Å². The van der Waals surface area contributed by atoms with Crippen molar-refractivity contribution in [3.05, 3.63) is 59.1 Å². The smallest absolute Gasteiger partial charge is 0.244 e. The minimum absolute atomic E-state index is 0.0103. The summed E-state index contributed by atoms with van der Waals surface area (Å²) >= 11 is 6.06. The summed E-state index contributed by atoms with van der Waals surface area (Å²) in [6.07, 6.45) is 0.866. The predicted molar refractivity (Wildman–Crippen MR) is 117 cm³/mol. The van der Waals surface area contributed by atoms with E-state index in [1.807, 2.05) is 18.2 Å². The van der Waals surface area contributed by atoms with Crippen molar-refractivity contribution in [2.45, 2.75) is 17.7 Å². The second kappa shape index (κ2) is 10.1. The monoisotopic (exact) mass is 461 g/mol. The Labute approximate surface area is 187 Å². The average molecular weight is 462 g/mol. The summed E-state index contributed by atoms with van der Waals surface area (Å²) in [5.41, 5.74) is 0.124. The van der Waals surface area contributed by atoms with E-state index in [2.05, 4.69) is 0 Å². The van der Waals surface area contributed by atoms with Crippen LogP contribution in [0.5, 0.6) is 5.75 Å². The molecule has 0 saturated carbocycles. The zero-order valence-corrected chi connectivity index (χ0v) is 18.8. The van der Waals surface area contributed by atoms with Gasteiger partial charge in [-0.3, -0.25) is 4.79 Å². The quantitative estimate of drug-likeness (QED) is 0.631. The number of nitriles is 1. The van der Waals surface area contributed by atoms with Gasteiger partial charge in [-0.2, -0.15) is 9.57 Å². The lowest BCUT2D eigenvalue weighted by atomic mass is 9.97. The molecule has 0 bridgehead atoms. The molecule has 31 heavy (non-hydrogen) atoms. The highest BCUT2D eigenvalue weighted by Gasteiger charge is 2.34. The molecule has 0 radical (unpaired) electrons. The van der Waals surface area contributed by atoms with Crippen LogP contribution in [0.4, 0.5) is 0 Å². The number of benzene rings is 2. The van der Waals surface area contributed by atoms with Crippen molar-refractivity contribution in [3.63, 3.8) is 0 Å². The number of piperidine rings is 1. The van der Waals surface area contributed by atoms with E-state index < -0.39 is 10.0 Å². The van der Waals surface area contributed by atoms with E-state index in [-0.39, 0.29) is 35.4 Å². The van der Waals surface area contributed by atoms with Crippen LogP contribution in [0.2, 0.25) is 5.02 Å². The van der Waals surface area contributed by atoms with Crippen molar-refractivity contribution < 1.29 is 17.9 Å². The topological polar surface area (TPSA) is 90.7 Å². The molecule has 0 spiro atoms. The number of carbonyl (C=O) groups is 1. The van der Waals surface area contributed by atoms with Crippen molar-refractivity contribution in [2.24, 2.45) is 5.92 Å². The largest absolute Gasteiger partial charge is 0.490 e. The summed E-state index contributed by atoms with van der Waals surface area (Å²) < 4.78 is 32.9. The number of rotatable bonds is 7. The van der Waals surface area contributed by atoms with Crippen LogP contribution >= 0.6 is 11.6 Å². The Morgan fingerprint density at radius 1 is 1.19 bits per heavy atom. The molecule has 2 aromatic carbocycles. The number of hydrogen-bond acceptors (Lipinski definition) is 5. The van der Waals surface area contributed by atoms with Crippen LogP contribution in [0.25, 0.3) is 0 Å². The van der Waals surface area contributed by atoms with Crippen LogP contribution < -0.4 is 4.74 Å². The third-order valence-corrected chi connectivity index (χ3v) is 7.59. The number of likely N-dealkylation sites (N-methyl/N-ethyl adjacent to an activating group) is 1. The summed E-state index contributed by atoms with van der Waals surface area (Å²) in [6.45, 7) is 1.19. The zero-order chi connectivity index (χ0) is 22.4. The van der Waals surface area contributed by atoms with Gasteiger partial charge in [-0.1, -0.05) is 35.9 Å². The first-order chi connectivity index (χ1) is 14.8. The van der Waals surface area contributed by atoms with Gasteiger partial charge < -0.3 is 9.64 Å². The number of nitrogens with zero attached hydrogens (tertiary/aromatic N) is 3. The van der Waals surface area contributed by atoms with Crippen molar-refractivity contribution in [1.82, 2.24) is 9.21 Å². The van der Waals surface area contributed by atoms with Crippen molar-refractivity contribution in [2.75, 3.05) is 33.3 Å². The van der Waals surface area contributed by atoms with Gasteiger partial charge in [0.25, 0.3) is 0 Å². The molecule has 164 valence electrons. The number of halogens is 1. The second-order valence-corrected chi connectivity index (χ2v) is 9.64. The average Bonchev–Trinajstić information content (AvgIpc) is 2.79. The summed E-state index contributed by atoms with van der Waals surface area (Å²) in [5, 5.41) is 9.73. The summed E-state index contributed by atoms with van der Waals surface area (Å²) in [5.74, 6) is 0.293. The Morgan fingerprint density at radius 2 is 1.84 bits per heavy atom. The molecular formula is C22H24ClN3O4S. The molecule has 1 amide bonds. The Morgan fingerprint density at radius 3 is 2.52 bits per heavy atom. The lowest BCUT2D eigenvalue weighted by molar-refractivity contribution is -0.135. The normalized spacial score (nSPS) is 15.3. The Kier molecular flexibility index (Phi) is 7.55. The van der Waals surface area contributed by atoms with Crippen LogP contribution in [-0.2, 0) is 14.8 Å². The molecule has 3 rings (SSSR count). The van der Waals surface area contributed by atoms with Gasteiger partial charge in [0.15, 0.2) is 0 Å². The first-order valence-corrected chi connectivity index (χ1v) is 11.8. The zero-order valence-electron chi connectivity index (χ0n) is 17.2. The third kappa shape index (κ3) is 5.37. The Bertz CT molecular complexity index is 1080. The highest BCUT2D eigenvalue weighted by Crippen LogP contribution is 2.27. The maximum Gasteiger partial charge on any atom is 0.244 e. The summed E-state index contributed by atoms with van der Waals surface area (Å²) in [7, 11) is -2.06. The number of sulfonamides is 1. The highest BCUT2D eigenvalue weighted by molar-refractivity contribution is 7.89. The van der Waals surface area contributed by atoms with Gasteiger partial charge in [-0.05, 0) is 37.1 Å². The molecule has 0 aliphatic carbocycles. The SMILES string of the molecule is CN(CCOc1ccccc1Cl)C(=O)C1CCN(S(=O)(=O)c2ccccc2C#N)CC1. The van der Waals surface area contributed by atoms with Crippen LogP contribution in [0.3, 0.4) is 0 Å². The number of ether oxygens (including phenoxy) is 1. The molecule has 7 nitrogen and oxygen atoms in total. The summed E-state index contributed by atoms with van der Waals surface area (Å²) in [6, 6.07) is 15.2. The highest BCUT2D eigenvalue weighted by atomic mass is 35.5. The van der Waals surface area contributed by atoms with E-state index in [0.29, 0.717) is 36.8 Å². The summed E-state index contributed by atoms with van der Waals surface area (Å²) in [4.78, 5) is 14.4. The fraction of sp³-hybridized carbons (Fsp3) is 0.364. The van der Waals surface area contributed by atoms with E-state index >= 15 is 0 Å². The molecule has 0 atom stereocenters. The maximum absolute atomic E-state index is 12.9. The van der Waals surface area contributed by atoms with Gasteiger partial charge in [-0.15, -0.1) is 0 Å². The van der Waals surface area contributed by atoms with E-state index in [1.165, 1.54) is 16.4 Å². The predicted octanol–water partition coefficient (Wildman–Crippen LogP) is 3.15. The minimum Gasteiger partial charge on any atom is -0.490 e. The number of carbonyl (C=O) groups excluding carboxylic acids is 1. The third-order valence-electron chi connectivity index (χ3n) is 5.33. The lowest BCUT2D eigenvalue weighted by Gasteiger charge is -2.32. The first-order valence-electron chi connectivity index (χ1n) is 9.96. The molecule has 1 fully saturated rings. The van der Waals surface area contributed by atoms with Crippen molar-refractivity contribution >= 4 is 27.5 Å². The lowest BCUT2D eigenvalue weighted by Crippen LogP contribution is -2.44. The molecule has 0 aromatic heterocycles. The Hall–Kier alpha value is -2.60. The van der Waals surface area contributed by atoms with Crippen LogP contribution in [-0.4, -0.2) is 56.8 Å². The first kappa shape index (κ1) is 23.1. The van der Waals surface area contributed by atoms with Crippen LogP contribution in [0.1, 0.15) is 18.4 Å². The minimum atomic E-state index is -3.77. The molecule has 0 unspecified atom stereocenters. The second-order valence-electron chi connectivity index (χ2n) is 7.32. The van der Waals surface area contributed by atoms with Gasteiger partial charge in [0, 0.05) is 26.1 Å². The van der Waals surface area contributed by atoms with Gasteiger partial charge in [0.05, 0.1) is 22.0 Å². The number of amides is 1. The van der Waals surface area contributed by atoms with E-state index in [1.54, 1.807) is 36.2 Å². The molecule has 1 aliphatic heterocycles. The number of hydrogen-bond donors (Lipinski definition) is 0. The van der Waals surface area contributed by atoms with E-state index in [4.69, 9.17) is 16.3 Å². The number of para-hydroxylation sites is 1. The molecule has 1 heterocycles. The van der Waals surface area contributed by atoms with Crippen LogP contribution in [0.15, 0.2) is 53.4 Å². The maximum atomic E-state index is 12.9. The molecule has 9 heteroatoms. The van der Waals surface area contributed by atoms with E-state index in [0.717, 1.165) is 0 Å². The van der Waals surface area contributed by atoms with E-state index in [9.17, 15) is 18.5 Å². The molecule has 1 aliphatic rings. The molecule has 0 N–H and O–H groups in total. The van der Waals surface area contributed by atoms with Gasteiger partial charge >= 0.3 is 0 Å². The fourth-order valence-electron chi connectivity index (χ4n) is 3.54.